The van der Waals surface area contributed by atoms with E-state index in [0.29, 0.717) is 6.54 Å². The van der Waals surface area contributed by atoms with E-state index in [1.54, 1.807) is 21.3 Å². The second kappa shape index (κ2) is 9.42. The zero-order valence-electron chi connectivity index (χ0n) is 17.6. The van der Waals surface area contributed by atoms with E-state index >= 15 is 0 Å². The highest BCUT2D eigenvalue weighted by molar-refractivity contribution is 5.79. The first-order valence-corrected chi connectivity index (χ1v) is 9.58. The summed E-state index contributed by atoms with van der Waals surface area (Å²) in [5.74, 6) is 1.71. The van der Waals surface area contributed by atoms with Crippen LogP contribution in [0.15, 0.2) is 23.2 Å². The zero-order valence-corrected chi connectivity index (χ0v) is 17.6. The normalized spacial score (nSPS) is 17.5. The molecule has 2 rings (SSSR count). The molecule has 6 heteroatoms. The van der Waals surface area contributed by atoms with Crippen LogP contribution in [0.25, 0.3) is 0 Å². The van der Waals surface area contributed by atoms with Crippen molar-refractivity contribution < 1.29 is 14.2 Å². The van der Waals surface area contributed by atoms with Gasteiger partial charge in [-0.2, -0.15) is 0 Å². The van der Waals surface area contributed by atoms with Crippen molar-refractivity contribution in [1.82, 2.24) is 10.6 Å². The number of benzene rings is 1. The lowest BCUT2D eigenvalue weighted by molar-refractivity contribution is 0.0267. The largest absolute Gasteiger partial charge is 0.496 e. The molecular weight excluding hydrogens is 342 g/mol. The summed E-state index contributed by atoms with van der Waals surface area (Å²) in [4.78, 5) is 4.37. The molecule has 0 saturated carbocycles. The van der Waals surface area contributed by atoms with Gasteiger partial charge in [0.05, 0.1) is 12.7 Å². The Bertz CT molecular complexity index is 638. The summed E-state index contributed by atoms with van der Waals surface area (Å²) in [6.45, 7) is 9.16. The number of rotatable bonds is 7. The molecule has 0 aromatic heterocycles. The van der Waals surface area contributed by atoms with Gasteiger partial charge >= 0.3 is 0 Å². The van der Waals surface area contributed by atoms with Gasteiger partial charge in [-0.3, -0.25) is 4.99 Å². The van der Waals surface area contributed by atoms with Gasteiger partial charge in [0.25, 0.3) is 0 Å². The van der Waals surface area contributed by atoms with Crippen LogP contribution in [0.1, 0.15) is 37.8 Å². The van der Waals surface area contributed by atoms with Gasteiger partial charge in [-0.15, -0.1) is 0 Å². The fraction of sp³-hybridized carbons (Fsp3) is 0.667. The van der Waals surface area contributed by atoms with E-state index in [2.05, 4.69) is 40.7 Å². The topological polar surface area (TPSA) is 64.1 Å². The molecular formula is C21H35N3O3. The summed E-state index contributed by atoms with van der Waals surface area (Å²) in [5.41, 5.74) is 2.17. The Balaban J connectivity index is 2.18. The average molecular weight is 378 g/mol. The lowest BCUT2D eigenvalue weighted by Gasteiger charge is -2.39. The molecule has 0 atom stereocenters. The molecule has 0 aliphatic carbocycles. The van der Waals surface area contributed by atoms with Crippen LogP contribution in [-0.4, -0.2) is 59.1 Å². The molecule has 1 aliphatic rings. The first-order valence-electron chi connectivity index (χ1n) is 9.58. The van der Waals surface area contributed by atoms with E-state index in [-0.39, 0.29) is 11.0 Å². The van der Waals surface area contributed by atoms with Gasteiger partial charge in [0, 0.05) is 51.4 Å². The second-order valence-electron chi connectivity index (χ2n) is 7.84. The second-order valence-corrected chi connectivity index (χ2v) is 7.84. The van der Waals surface area contributed by atoms with E-state index in [1.807, 2.05) is 13.8 Å². The first kappa shape index (κ1) is 21.5. The van der Waals surface area contributed by atoms with E-state index in [4.69, 9.17) is 14.2 Å². The number of nitrogens with one attached hydrogen (secondary N) is 2. The van der Waals surface area contributed by atoms with Crippen molar-refractivity contribution in [3.05, 3.63) is 29.3 Å². The quantitative estimate of drug-likeness (QED) is 0.565. The number of aliphatic imine (C=N–C) groups is 1. The van der Waals surface area contributed by atoms with E-state index in [9.17, 15) is 0 Å². The molecule has 1 aliphatic heterocycles. The van der Waals surface area contributed by atoms with Crippen molar-refractivity contribution in [2.45, 2.75) is 44.6 Å². The van der Waals surface area contributed by atoms with Crippen LogP contribution in [-0.2, 0) is 14.9 Å². The molecule has 0 unspecified atom stereocenters. The van der Waals surface area contributed by atoms with Crippen molar-refractivity contribution in [2.75, 3.05) is 47.6 Å². The van der Waals surface area contributed by atoms with Gasteiger partial charge in [0.1, 0.15) is 5.75 Å². The zero-order chi connectivity index (χ0) is 19.9. The molecule has 0 bridgehead atoms. The third-order valence-corrected chi connectivity index (χ3v) is 5.43. The Morgan fingerprint density at radius 2 is 1.93 bits per heavy atom. The predicted octanol–water partition coefficient (Wildman–Crippen LogP) is 2.64. The number of nitrogens with zero attached hydrogens (tertiary/aromatic N) is 1. The van der Waals surface area contributed by atoms with Crippen molar-refractivity contribution in [2.24, 2.45) is 4.99 Å². The minimum absolute atomic E-state index is 0.0516. The smallest absolute Gasteiger partial charge is 0.191 e. The number of ether oxygens (including phenoxy) is 3. The monoisotopic (exact) mass is 377 g/mol. The Labute approximate surface area is 163 Å². The van der Waals surface area contributed by atoms with Crippen LogP contribution in [0.3, 0.4) is 0 Å². The highest BCUT2D eigenvalue weighted by Crippen LogP contribution is 2.40. The number of methoxy groups -OCH3 is 2. The van der Waals surface area contributed by atoms with Gasteiger partial charge in [0.2, 0.25) is 0 Å². The van der Waals surface area contributed by atoms with E-state index < -0.39 is 0 Å². The molecule has 1 aromatic rings. The van der Waals surface area contributed by atoms with Crippen molar-refractivity contribution in [3.63, 3.8) is 0 Å². The summed E-state index contributed by atoms with van der Waals surface area (Å²) in [6, 6.07) is 6.40. The van der Waals surface area contributed by atoms with Crippen molar-refractivity contribution >= 4 is 5.96 Å². The Morgan fingerprint density at radius 3 is 2.52 bits per heavy atom. The predicted molar refractivity (Wildman–Crippen MR) is 110 cm³/mol. The Hall–Kier alpha value is -1.79. The average Bonchev–Trinajstić information content (AvgIpc) is 2.68. The molecule has 2 N–H and O–H groups in total. The Morgan fingerprint density at radius 1 is 1.22 bits per heavy atom. The number of aryl methyl sites for hydroxylation is 1. The van der Waals surface area contributed by atoms with Crippen LogP contribution in [0.2, 0.25) is 0 Å². The molecule has 1 saturated heterocycles. The van der Waals surface area contributed by atoms with Crippen LogP contribution in [0.4, 0.5) is 0 Å². The molecule has 0 radical (unpaired) electrons. The minimum Gasteiger partial charge on any atom is -0.496 e. The lowest BCUT2D eigenvalue weighted by Crippen LogP contribution is -2.50. The van der Waals surface area contributed by atoms with Crippen molar-refractivity contribution in [1.29, 1.82) is 0 Å². The molecule has 1 aromatic carbocycles. The lowest BCUT2D eigenvalue weighted by atomic mass is 9.73. The highest BCUT2D eigenvalue weighted by Gasteiger charge is 2.37. The van der Waals surface area contributed by atoms with Crippen LogP contribution < -0.4 is 15.4 Å². The summed E-state index contributed by atoms with van der Waals surface area (Å²) in [6.07, 6.45) is 1.89. The maximum Gasteiger partial charge on any atom is 0.191 e. The van der Waals surface area contributed by atoms with Crippen LogP contribution in [0.5, 0.6) is 5.75 Å². The molecule has 0 spiro atoms. The maximum absolute atomic E-state index is 5.69. The Kier molecular flexibility index (Phi) is 7.50. The first-order chi connectivity index (χ1) is 12.9. The van der Waals surface area contributed by atoms with Gasteiger partial charge < -0.3 is 24.8 Å². The summed E-state index contributed by atoms with van der Waals surface area (Å²) in [5, 5.41) is 6.88. The van der Waals surface area contributed by atoms with Crippen molar-refractivity contribution in [3.8, 4) is 5.75 Å². The van der Waals surface area contributed by atoms with Crippen LogP contribution >= 0.6 is 0 Å². The minimum atomic E-state index is -0.256. The molecule has 27 heavy (non-hydrogen) atoms. The summed E-state index contributed by atoms with van der Waals surface area (Å²) in [7, 11) is 5.25. The highest BCUT2D eigenvalue weighted by atomic mass is 16.5. The molecule has 0 amide bonds. The maximum atomic E-state index is 5.69. The van der Waals surface area contributed by atoms with Gasteiger partial charge in [-0.1, -0.05) is 17.7 Å². The molecule has 6 nitrogen and oxygen atoms in total. The fourth-order valence-electron chi connectivity index (χ4n) is 3.38. The van der Waals surface area contributed by atoms with Crippen LogP contribution in [0, 0.1) is 6.92 Å². The van der Waals surface area contributed by atoms with Gasteiger partial charge in [0.15, 0.2) is 5.96 Å². The molecule has 152 valence electrons. The SMILES string of the molecule is CN=C(NCC(C)(C)OC)NCC1(c2cc(C)ccc2OC)CCOCC1. The third-order valence-electron chi connectivity index (χ3n) is 5.43. The summed E-state index contributed by atoms with van der Waals surface area (Å²) < 4.78 is 16.8. The standard InChI is InChI=1S/C21H35N3O3/c1-16-7-8-18(25-5)17(13-16)21(9-11-27-12-10-21)15-24-19(22-4)23-14-20(2,3)26-6/h7-8,13H,9-12,14-15H2,1-6H3,(H2,22,23,24). The number of hydrogen-bond acceptors (Lipinski definition) is 4. The van der Waals surface area contributed by atoms with E-state index in [0.717, 1.165) is 44.3 Å². The molecule has 1 fully saturated rings. The van der Waals surface area contributed by atoms with Gasteiger partial charge in [-0.25, -0.2) is 0 Å². The third kappa shape index (κ3) is 5.59. The summed E-state index contributed by atoms with van der Waals surface area (Å²) >= 11 is 0. The van der Waals surface area contributed by atoms with Gasteiger partial charge in [-0.05, 0) is 39.7 Å². The van der Waals surface area contributed by atoms with E-state index in [1.165, 1.54) is 11.1 Å². The molecule has 1 heterocycles. The number of guanidine groups is 1. The number of hydrogen-bond donors (Lipinski definition) is 2. The fourth-order valence-corrected chi connectivity index (χ4v) is 3.38.